The lowest BCUT2D eigenvalue weighted by atomic mass is 9.72. The highest BCUT2D eigenvalue weighted by Gasteiger charge is 2.38. The summed E-state index contributed by atoms with van der Waals surface area (Å²) in [5, 5.41) is 0. The van der Waals surface area contributed by atoms with Crippen LogP contribution in [0.5, 0.6) is 11.5 Å². The largest absolute Gasteiger partial charge is 0.457 e. The number of nitrogens with zero attached hydrogens (tertiary/aromatic N) is 4. The van der Waals surface area contributed by atoms with E-state index in [1.165, 1.54) is 22.3 Å². The fourth-order valence-corrected chi connectivity index (χ4v) is 8.49. The Morgan fingerprint density at radius 2 is 0.821 bits per heavy atom. The minimum Gasteiger partial charge on any atom is -0.457 e. The molecule has 7 aromatic carbocycles. The van der Waals surface area contributed by atoms with Gasteiger partial charge in [-0.15, -0.1) is 0 Å². The molecule has 8 aromatic rings. The Morgan fingerprint density at radius 3 is 1.45 bits per heavy atom. The lowest BCUT2D eigenvalue weighted by molar-refractivity contribution is 0.418. The highest BCUT2D eigenvalue weighted by atomic mass is 16.5. The van der Waals surface area contributed by atoms with E-state index in [1.807, 2.05) is 66.7 Å². The Hall–Kier alpha value is -6.85. The van der Waals surface area contributed by atoms with E-state index in [2.05, 4.69) is 136 Å². The number of rotatable bonds is 5. The third kappa shape index (κ3) is 5.50. The first-order chi connectivity index (χ1) is 27.3. The van der Waals surface area contributed by atoms with Crippen molar-refractivity contribution < 1.29 is 4.74 Å². The van der Waals surface area contributed by atoms with E-state index >= 15 is 0 Å². The molecule has 0 unspecified atom stereocenters. The van der Waals surface area contributed by atoms with E-state index in [4.69, 9.17) is 19.7 Å². The van der Waals surface area contributed by atoms with Crippen LogP contribution in [-0.4, -0.2) is 15.0 Å². The molecule has 5 nitrogen and oxygen atoms in total. The van der Waals surface area contributed by atoms with Crippen LogP contribution in [0.3, 0.4) is 0 Å². The molecule has 56 heavy (non-hydrogen) atoms. The lowest BCUT2D eigenvalue weighted by Crippen LogP contribution is -2.30. The molecule has 2 aliphatic rings. The fourth-order valence-electron chi connectivity index (χ4n) is 8.49. The molecule has 0 spiro atoms. The fraction of sp³-hybridized carbons (Fsp3) is 0.118. The van der Waals surface area contributed by atoms with Crippen molar-refractivity contribution in [2.45, 2.75) is 38.5 Å². The Balaban J connectivity index is 1.12. The summed E-state index contributed by atoms with van der Waals surface area (Å²) in [6.45, 7) is 9.21. The topological polar surface area (TPSA) is 51.1 Å². The van der Waals surface area contributed by atoms with Crippen LogP contribution in [0.15, 0.2) is 170 Å². The Kier molecular flexibility index (Phi) is 7.75. The van der Waals surface area contributed by atoms with Gasteiger partial charge in [-0.25, -0.2) is 15.0 Å². The van der Waals surface area contributed by atoms with Gasteiger partial charge in [0.1, 0.15) is 11.5 Å². The normalized spacial score (nSPS) is 14.5. The van der Waals surface area contributed by atoms with Gasteiger partial charge in [-0.1, -0.05) is 143 Å². The van der Waals surface area contributed by atoms with Crippen molar-refractivity contribution in [3.8, 4) is 56.8 Å². The molecule has 270 valence electrons. The zero-order valence-electron chi connectivity index (χ0n) is 31.9. The molecule has 3 heterocycles. The van der Waals surface area contributed by atoms with Gasteiger partial charge in [0.05, 0.1) is 11.4 Å². The first-order valence-corrected chi connectivity index (χ1v) is 19.2. The smallest absolute Gasteiger partial charge is 0.164 e. The maximum atomic E-state index is 6.55. The maximum absolute atomic E-state index is 6.55. The minimum atomic E-state index is -0.370. The summed E-state index contributed by atoms with van der Waals surface area (Å²) in [5.74, 6) is 3.76. The number of hydrogen-bond acceptors (Lipinski definition) is 5. The second-order valence-electron chi connectivity index (χ2n) is 15.7. The summed E-state index contributed by atoms with van der Waals surface area (Å²) in [5.41, 5.74) is 12.8. The molecule has 0 amide bonds. The van der Waals surface area contributed by atoms with Crippen LogP contribution in [0.4, 0.5) is 17.1 Å². The van der Waals surface area contributed by atoms with Crippen LogP contribution in [0.25, 0.3) is 45.3 Å². The molecule has 0 N–H and O–H groups in total. The summed E-state index contributed by atoms with van der Waals surface area (Å²) in [6, 6.07) is 59.5. The van der Waals surface area contributed by atoms with E-state index in [-0.39, 0.29) is 10.8 Å². The molecule has 2 aliphatic heterocycles. The molecule has 1 aromatic heterocycles. The average molecular weight is 725 g/mol. The molecule has 5 heteroatoms. The third-order valence-corrected chi connectivity index (χ3v) is 11.6. The van der Waals surface area contributed by atoms with Crippen LogP contribution >= 0.6 is 0 Å². The SMILES string of the molecule is CC1(C)c2ccccc2Oc2cc(-c3ccc4c(c3)C(C)(C)c3cc(-c5nc(-c6ccccc6)nc(-c6ccccc6)n5)ccc3N4c3ccccc3)ccc21. The van der Waals surface area contributed by atoms with E-state index in [0.717, 1.165) is 56.4 Å². The quantitative estimate of drug-likeness (QED) is 0.177. The van der Waals surface area contributed by atoms with Gasteiger partial charge < -0.3 is 9.64 Å². The molecule has 0 fully saturated rings. The Morgan fingerprint density at radius 1 is 0.375 bits per heavy atom. The predicted octanol–water partition coefficient (Wildman–Crippen LogP) is 13.1. The van der Waals surface area contributed by atoms with Gasteiger partial charge >= 0.3 is 0 Å². The highest BCUT2D eigenvalue weighted by molar-refractivity contribution is 5.89. The number of hydrogen-bond donors (Lipinski definition) is 0. The van der Waals surface area contributed by atoms with Crippen molar-refractivity contribution in [1.29, 1.82) is 0 Å². The molecular formula is C51H40N4O. The van der Waals surface area contributed by atoms with Crippen LogP contribution in [0.1, 0.15) is 49.9 Å². The summed E-state index contributed by atoms with van der Waals surface area (Å²) in [4.78, 5) is 17.5. The zero-order valence-corrected chi connectivity index (χ0v) is 31.9. The molecule has 0 radical (unpaired) electrons. The number of anilines is 3. The van der Waals surface area contributed by atoms with Gasteiger partial charge in [0.15, 0.2) is 17.5 Å². The average Bonchev–Trinajstić information content (AvgIpc) is 3.24. The van der Waals surface area contributed by atoms with E-state index in [0.29, 0.717) is 17.5 Å². The first-order valence-electron chi connectivity index (χ1n) is 19.2. The van der Waals surface area contributed by atoms with Crippen LogP contribution in [0, 0.1) is 0 Å². The monoisotopic (exact) mass is 724 g/mol. The van der Waals surface area contributed by atoms with E-state index < -0.39 is 0 Å². The maximum Gasteiger partial charge on any atom is 0.164 e. The van der Waals surface area contributed by atoms with Crippen LogP contribution < -0.4 is 9.64 Å². The van der Waals surface area contributed by atoms with E-state index in [1.54, 1.807) is 0 Å². The minimum absolute atomic E-state index is 0.166. The number of benzene rings is 7. The van der Waals surface area contributed by atoms with Crippen LogP contribution in [-0.2, 0) is 10.8 Å². The lowest BCUT2D eigenvalue weighted by Gasteiger charge is -2.42. The number of aromatic nitrogens is 3. The molecule has 10 rings (SSSR count). The number of para-hydroxylation sites is 2. The van der Waals surface area contributed by atoms with Crippen molar-refractivity contribution >= 4 is 17.1 Å². The standard InChI is InChI=1S/C51H40N4O/c1-50(2)39-22-14-15-23-45(39)56-46-32-36(24-27-40(46)50)35-25-28-43-41(30-35)51(3,4)42-31-37(26-29-44(42)55(43)38-20-12-7-13-21-38)49-53-47(33-16-8-5-9-17-33)52-48(54-49)34-18-10-6-11-19-34/h5-32H,1-4H3. The van der Waals surface area contributed by atoms with E-state index in [9.17, 15) is 0 Å². The van der Waals surface area contributed by atoms with Crippen molar-refractivity contribution in [3.63, 3.8) is 0 Å². The number of fused-ring (bicyclic) bond motifs is 4. The van der Waals surface area contributed by atoms with Gasteiger partial charge in [0, 0.05) is 44.3 Å². The zero-order chi connectivity index (χ0) is 38.0. The summed E-state index contributed by atoms with van der Waals surface area (Å²) < 4.78 is 6.55. The molecule has 0 bridgehead atoms. The van der Waals surface area contributed by atoms with Crippen molar-refractivity contribution in [3.05, 3.63) is 192 Å². The van der Waals surface area contributed by atoms with Crippen molar-refractivity contribution in [1.82, 2.24) is 15.0 Å². The molecular weight excluding hydrogens is 685 g/mol. The molecule has 0 aliphatic carbocycles. The predicted molar refractivity (Wildman–Crippen MR) is 227 cm³/mol. The van der Waals surface area contributed by atoms with Gasteiger partial charge in [-0.3, -0.25) is 0 Å². The first kappa shape index (κ1) is 33.7. The Bertz CT molecular complexity index is 2720. The summed E-state index contributed by atoms with van der Waals surface area (Å²) in [7, 11) is 0. The highest BCUT2D eigenvalue weighted by Crippen LogP contribution is 2.54. The van der Waals surface area contributed by atoms with Crippen LogP contribution in [0.2, 0.25) is 0 Å². The van der Waals surface area contributed by atoms with Gasteiger partial charge in [0.2, 0.25) is 0 Å². The summed E-state index contributed by atoms with van der Waals surface area (Å²) >= 11 is 0. The second-order valence-corrected chi connectivity index (χ2v) is 15.7. The summed E-state index contributed by atoms with van der Waals surface area (Å²) in [6.07, 6.45) is 0. The second kappa shape index (κ2) is 12.9. The molecule has 0 saturated carbocycles. The third-order valence-electron chi connectivity index (χ3n) is 11.6. The number of ether oxygens (including phenoxy) is 1. The van der Waals surface area contributed by atoms with Gasteiger partial charge in [-0.2, -0.15) is 0 Å². The van der Waals surface area contributed by atoms with Crippen molar-refractivity contribution in [2.24, 2.45) is 0 Å². The molecule has 0 atom stereocenters. The van der Waals surface area contributed by atoms with Crippen molar-refractivity contribution in [2.75, 3.05) is 4.90 Å². The Labute approximate surface area is 328 Å². The molecule has 0 saturated heterocycles. The van der Waals surface area contributed by atoms with Gasteiger partial charge in [-0.05, 0) is 76.9 Å². The van der Waals surface area contributed by atoms with Gasteiger partial charge in [0.25, 0.3) is 0 Å².